The Kier molecular flexibility index (Phi) is 6.91. The van der Waals surface area contributed by atoms with E-state index in [4.69, 9.17) is 4.74 Å². The van der Waals surface area contributed by atoms with E-state index in [-0.39, 0.29) is 0 Å². The summed E-state index contributed by atoms with van der Waals surface area (Å²) in [4.78, 5) is 4.17. The first-order valence-corrected chi connectivity index (χ1v) is 8.51. The normalized spacial score (nSPS) is 15.2. The first-order valence-electron chi connectivity index (χ1n) is 8.51. The van der Waals surface area contributed by atoms with Crippen LogP contribution >= 0.6 is 0 Å². The standard InChI is InChI=1S/C12H15F3N2.C8H10O/c1-16-5-7-17(8-6-16)11-4-2-3-10(9-11)12(13,14)15;1-7-4-3-5-8(6-7)9-2/h2-4,9H,5-8H2,1H3;3-6H,1-2H3. The van der Waals surface area contributed by atoms with Crippen molar-refractivity contribution in [2.75, 3.05) is 45.2 Å². The maximum atomic E-state index is 12.6. The smallest absolute Gasteiger partial charge is 0.416 e. The lowest BCUT2D eigenvalue weighted by Gasteiger charge is -2.34. The van der Waals surface area contributed by atoms with Gasteiger partial charge >= 0.3 is 6.18 Å². The number of nitrogens with zero attached hydrogens (tertiary/aromatic N) is 2. The molecular formula is C20H25F3N2O. The van der Waals surface area contributed by atoms with Crippen LogP contribution in [-0.4, -0.2) is 45.2 Å². The average Bonchev–Trinajstić information content (AvgIpc) is 2.62. The zero-order valence-electron chi connectivity index (χ0n) is 15.4. The van der Waals surface area contributed by atoms with E-state index in [9.17, 15) is 13.2 Å². The predicted octanol–water partition coefficient (Wildman–Crippen LogP) is 4.46. The molecule has 0 spiro atoms. The van der Waals surface area contributed by atoms with Gasteiger partial charge in [0.05, 0.1) is 12.7 Å². The SMILES string of the molecule is CN1CCN(c2cccc(C(F)(F)F)c2)CC1.COc1cccc(C)c1. The number of halogens is 3. The zero-order valence-corrected chi connectivity index (χ0v) is 15.4. The number of methoxy groups -OCH3 is 1. The van der Waals surface area contributed by atoms with Crippen molar-refractivity contribution in [1.82, 2.24) is 4.90 Å². The van der Waals surface area contributed by atoms with Gasteiger partial charge in [-0.15, -0.1) is 0 Å². The van der Waals surface area contributed by atoms with Gasteiger partial charge in [-0.1, -0.05) is 18.2 Å². The Balaban J connectivity index is 0.000000228. The van der Waals surface area contributed by atoms with Crippen LogP contribution in [0, 0.1) is 6.92 Å². The zero-order chi connectivity index (χ0) is 19.2. The molecule has 1 aliphatic rings. The molecule has 0 atom stereocenters. The second-order valence-electron chi connectivity index (χ2n) is 6.36. The number of benzene rings is 2. The second-order valence-corrected chi connectivity index (χ2v) is 6.36. The summed E-state index contributed by atoms with van der Waals surface area (Å²) in [5, 5.41) is 0. The van der Waals surface area contributed by atoms with Crippen LogP contribution in [0.2, 0.25) is 0 Å². The lowest BCUT2D eigenvalue weighted by Crippen LogP contribution is -2.44. The summed E-state index contributed by atoms with van der Waals surface area (Å²) in [6, 6.07) is 13.5. The number of piperazine rings is 1. The third kappa shape index (κ3) is 5.95. The number of aryl methyl sites for hydroxylation is 1. The number of hydrogen-bond acceptors (Lipinski definition) is 3. The van der Waals surface area contributed by atoms with E-state index >= 15 is 0 Å². The molecule has 0 N–H and O–H groups in total. The van der Waals surface area contributed by atoms with Gasteiger partial charge in [-0.2, -0.15) is 13.2 Å². The summed E-state index contributed by atoms with van der Waals surface area (Å²) in [7, 11) is 3.69. The molecule has 3 rings (SSSR count). The Morgan fingerprint density at radius 1 is 0.923 bits per heavy atom. The molecule has 0 bridgehead atoms. The fourth-order valence-electron chi connectivity index (χ4n) is 2.69. The Bertz CT molecular complexity index is 695. The molecule has 142 valence electrons. The molecule has 0 unspecified atom stereocenters. The summed E-state index contributed by atoms with van der Waals surface area (Å²) < 4.78 is 42.7. The monoisotopic (exact) mass is 366 g/mol. The molecular weight excluding hydrogens is 341 g/mol. The van der Waals surface area contributed by atoms with E-state index < -0.39 is 11.7 Å². The minimum Gasteiger partial charge on any atom is -0.497 e. The molecule has 26 heavy (non-hydrogen) atoms. The quantitative estimate of drug-likeness (QED) is 0.780. The fourth-order valence-corrected chi connectivity index (χ4v) is 2.69. The van der Waals surface area contributed by atoms with E-state index in [2.05, 4.69) is 4.90 Å². The van der Waals surface area contributed by atoms with Gasteiger partial charge in [-0.25, -0.2) is 0 Å². The van der Waals surface area contributed by atoms with Crippen molar-refractivity contribution in [2.24, 2.45) is 0 Å². The van der Waals surface area contributed by atoms with Gasteiger partial charge in [-0.05, 0) is 49.9 Å². The highest BCUT2D eigenvalue weighted by atomic mass is 19.4. The van der Waals surface area contributed by atoms with Crippen molar-refractivity contribution in [3.05, 3.63) is 59.7 Å². The second kappa shape index (κ2) is 8.94. The van der Waals surface area contributed by atoms with Crippen molar-refractivity contribution in [3.63, 3.8) is 0 Å². The lowest BCUT2D eigenvalue weighted by atomic mass is 10.1. The summed E-state index contributed by atoms with van der Waals surface area (Å²) in [5.41, 5.74) is 1.32. The molecule has 0 amide bonds. The van der Waals surface area contributed by atoms with Gasteiger partial charge in [0.25, 0.3) is 0 Å². The third-order valence-electron chi connectivity index (χ3n) is 4.27. The van der Waals surface area contributed by atoms with Gasteiger partial charge in [0.2, 0.25) is 0 Å². The van der Waals surface area contributed by atoms with Gasteiger partial charge < -0.3 is 14.5 Å². The highest BCUT2D eigenvalue weighted by Gasteiger charge is 2.31. The summed E-state index contributed by atoms with van der Waals surface area (Å²) in [5.74, 6) is 0.926. The van der Waals surface area contributed by atoms with Crippen LogP contribution in [0.5, 0.6) is 5.75 Å². The molecule has 0 aromatic heterocycles. The highest BCUT2D eigenvalue weighted by Crippen LogP contribution is 2.31. The van der Waals surface area contributed by atoms with Crippen LogP contribution < -0.4 is 9.64 Å². The maximum absolute atomic E-state index is 12.6. The van der Waals surface area contributed by atoms with Crippen LogP contribution in [0.25, 0.3) is 0 Å². The predicted molar refractivity (Wildman–Crippen MR) is 98.9 cm³/mol. The Hall–Kier alpha value is -2.21. The van der Waals surface area contributed by atoms with Crippen LogP contribution in [-0.2, 0) is 6.18 Å². The van der Waals surface area contributed by atoms with Crippen LogP contribution in [0.4, 0.5) is 18.9 Å². The molecule has 1 aliphatic heterocycles. The molecule has 0 aliphatic carbocycles. The van der Waals surface area contributed by atoms with Crippen molar-refractivity contribution in [1.29, 1.82) is 0 Å². The fraction of sp³-hybridized carbons (Fsp3) is 0.400. The van der Waals surface area contributed by atoms with Crippen molar-refractivity contribution in [2.45, 2.75) is 13.1 Å². The molecule has 2 aromatic rings. The largest absolute Gasteiger partial charge is 0.497 e. The third-order valence-corrected chi connectivity index (χ3v) is 4.27. The first-order chi connectivity index (χ1) is 12.3. The molecule has 0 saturated carbocycles. The van der Waals surface area contributed by atoms with Crippen molar-refractivity contribution < 1.29 is 17.9 Å². The molecule has 1 saturated heterocycles. The number of hydrogen-bond donors (Lipinski definition) is 0. The molecule has 3 nitrogen and oxygen atoms in total. The van der Waals surface area contributed by atoms with Gasteiger partial charge in [0.15, 0.2) is 0 Å². The number of alkyl halides is 3. The van der Waals surface area contributed by atoms with Crippen molar-refractivity contribution >= 4 is 5.69 Å². The number of ether oxygens (including phenoxy) is 1. The molecule has 2 aromatic carbocycles. The maximum Gasteiger partial charge on any atom is 0.416 e. The Morgan fingerprint density at radius 3 is 2.12 bits per heavy atom. The Morgan fingerprint density at radius 2 is 1.58 bits per heavy atom. The summed E-state index contributed by atoms with van der Waals surface area (Å²) in [6.07, 6.45) is -4.26. The molecule has 1 fully saturated rings. The van der Waals surface area contributed by atoms with E-state index in [1.165, 1.54) is 17.7 Å². The van der Waals surface area contributed by atoms with E-state index in [0.717, 1.165) is 38.0 Å². The molecule has 0 radical (unpaired) electrons. The van der Waals surface area contributed by atoms with Crippen LogP contribution in [0.15, 0.2) is 48.5 Å². The minimum atomic E-state index is -4.26. The number of rotatable bonds is 2. The van der Waals surface area contributed by atoms with Crippen LogP contribution in [0.1, 0.15) is 11.1 Å². The summed E-state index contributed by atoms with van der Waals surface area (Å²) in [6.45, 7) is 5.37. The highest BCUT2D eigenvalue weighted by molar-refractivity contribution is 5.49. The number of anilines is 1. The Labute approximate surface area is 153 Å². The lowest BCUT2D eigenvalue weighted by molar-refractivity contribution is -0.137. The van der Waals surface area contributed by atoms with E-state index in [1.54, 1.807) is 13.2 Å². The van der Waals surface area contributed by atoms with Crippen molar-refractivity contribution in [3.8, 4) is 5.75 Å². The van der Waals surface area contributed by atoms with Gasteiger partial charge in [0, 0.05) is 31.9 Å². The van der Waals surface area contributed by atoms with E-state index in [0.29, 0.717) is 5.69 Å². The molecule has 1 heterocycles. The topological polar surface area (TPSA) is 15.7 Å². The summed E-state index contributed by atoms with van der Waals surface area (Å²) >= 11 is 0. The van der Waals surface area contributed by atoms with Gasteiger partial charge in [-0.3, -0.25) is 0 Å². The van der Waals surface area contributed by atoms with E-state index in [1.807, 2.05) is 43.1 Å². The minimum absolute atomic E-state index is 0.575. The molecule has 6 heteroatoms. The number of likely N-dealkylation sites (N-methyl/N-ethyl adjacent to an activating group) is 1. The average molecular weight is 366 g/mol. The first kappa shape index (κ1) is 20.1. The van der Waals surface area contributed by atoms with Gasteiger partial charge in [0.1, 0.15) is 5.75 Å². The van der Waals surface area contributed by atoms with Crippen LogP contribution in [0.3, 0.4) is 0 Å².